The molecule has 0 saturated heterocycles. The number of hydrogen-bond acceptors (Lipinski definition) is 6. The second-order valence-electron chi connectivity index (χ2n) is 6.94. The first-order valence-electron chi connectivity index (χ1n) is 9.70. The molecule has 0 aromatic heterocycles. The average Bonchev–Trinajstić information content (AvgIpc) is 3.26. The minimum Gasteiger partial charge on any atom is -0.493 e. The summed E-state index contributed by atoms with van der Waals surface area (Å²) in [6.45, 7) is 0.559. The lowest BCUT2D eigenvalue weighted by Crippen LogP contribution is -2.03. The maximum atomic E-state index is 11.6. The molecule has 7 nitrogen and oxygen atoms in total. The SMILES string of the molecule is COc1cc(CC(=Cc2ccc3c(c2)OCO3)[N+](=O)[O-])ccc1OCc1ccccc1. The Kier molecular flexibility index (Phi) is 6.03. The van der Waals surface area contributed by atoms with Crippen LogP contribution in [0.25, 0.3) is 6.08 Å². The molecule has 0 fully saturated rings. The van der Waals surface area contributed by atoms with E-state index in [2.05, 4.69) is 0 Å². The van der Waals surface area contributed by atoms with E-state index in [0.717, 1.165) is 11.1 Å². The molecule has 0 atom stereocenters. The quantitative estimate of drug-likeness (QED) is 0.383. The van der Waals surface area contributed by atoms with Crippen LogP contribution in [-0.4, -0.2) is 18.8 Å². The Morgan fingerprint density at radius 2 is 1.81 bits per heavy atom. The van der Waals surface area contributed by atoms with Crippen molar-refractivity contribution in [3.05, 3.63) is 99.2 Å². The molecule has 0 aliphatic carbocycles. The molecule has 1 aliphatic rings. The van der Waals surface area contributed by atoms with E-state index in [1.165, 1.54) is 6.08 Å². The summed E-state index contributed by atoms with van der Waals surface area (Å²) in [5.41, 5.74) is 2.51. The Hall–Kier alpha value is -4.00. The van der Waals surface area contributed by atoms with Gasteiger partial charge in [-0.3, -0.25) is 10.1 Å². The summed E-state index contributed by atoms with van der Waals surface area (Å²) in [6.07, 6.45) is 1.67. The second kappa shape index (κ2) is 9.21. The molecule has 0 saturated carbocycles. The van der Waals surface area contributed by atoms with Gasteiger partial charge in [0.05, 0.1) is 18.5 Å². The third-order valence-corrected chi connectivity index (χ3v) is 4.81. The van der Waals surface area contributed by atoms with Crippen LogP contribution in [0.2, 0.25) is 0 Å². The molecular formula is C24H21NO6. The summed E-state index contributed by atoms with van der Waals surface area (Å²) >= 11 is 0. The van der Waals surface area contributed by atoms with Crippen LogP contribution >= 0.6 is 0 Å². The van der Waals surface area contributed by atoms with E-state index in [1.54, 1.807) is 43.5 Å². The van der Waals surface area contributed by atoms with Gasteiger partial charge in [-0.15, -0.1) is 0 Å². The van der Waals surface area contributed by atoms with Gasteiger partial charge in [-0.25, -0.2) is 0 Å². The van der Waals surface area contributed by atoms with E-state index in [-0.39, 0.29) is 23.8 Å². The fourth-order valence-corrected chi connectivity index (χ4v) is 3.25. The van der Waals surface area contributed by atoms with E-state index in [0.29, 0.717) is 35.2 Å². The summed E-state index contributed by atoms with van der Waals surface area (Å²) in [7, 11) is 1.55. The number of allylic oxidation sites excluding steroid dienone is 1. The highest BCUT2D eigenvalue weighted by Gasteiger charge is 2.17. The maximum Gasteiger partial charge on any atom is 0.251 e. The summed E-state index contributed by atoms with van der Waals surface area (Å²) in [6, 6.07) is 20.4. The zero-order valence-electron chi connectivity index (χ0n) is 16.9. The van der Waals surface area contributed by atoms with Gasteiger partial charge in [-0.1, -0.05) is 42.5 Å². The van der Waals surface area contributed by atoms with Crippen molar-refractivity contribution in [2.24, 2.45) is 0 Å². The van der Waals surface area contributed by atoms with Crippen molar-refractivity contribution in [3.8, 4) is 23.0 Å². The minimum absolute atomic E-state index is 0.0545. The van der Waals surface area contributed by atoms with Gasteiger partial charge in [0.1, 0.15) is 6.61 Å². The van der Waals surface area contributed by atoms with Crippen LogP contribution in [0.4, 0.5) is 0 Å². The first-order valence-corrected chi connectivity index (χ1v) is 9.70. The second-order valence-corrected chi connectivity index (χ2v) is 6.94. The van der Waals surface area contributed by atoms with Crippen molar-refractivity contribution in [2.75, 3.05) is 13.9 Å². The predicted octanol–water partition coefficient (Wildman–Crippen LogP) is 4.86. The zero-order valence-corrected chi connectivity index (χ0v) is 16.9. The van der Waals surface area contributed by atoms with Crippen molar-refractivity contribution in [1.29, 1.82) is 0 Å². The van der Waals surface area contributed by atoms with Crippen LogP contribution in [0.3, 0.4) is 0 Å². The molecule has 0 unspecified atom stereocenters. The summed E-state index contributed by atoms with van der Waals surface area (Å²) in [4.78, 5) is 11.3. The van der Waals surface area contributed by atoms with Crippen molar-refractivity contribution in [2.45, 2.75) is 13.0 Å². The zero-order chi connectivity index (χ0) is 21.6. The van der Waals surface area contributed by atoms with E-state index in [1.807, 2.05) is 30.3 Å². The summed E-state index contributed by atoms with van der Waals surface area (Å²) in [5.74, 6) is 2.32. The van der Waals surface area contributed by atoms with Crippen molar-refractivity contribution < 1.29 is 23.9 Å². The third-order valence-electron chi connectivity index (χ3n) is 4.81. The monoisotopic (exact) mass is 419 g/mol. The Morgan fingerprint density at radius 3 is 2.58 bits per heavy atom. The lowest BCUT2D eigenvalue weighted by molar-refractivity contribution is -0.425. The number of methoxy groups -OCH3 is 1. The molecule has 158 valence electrons. The largest absolute Gasteiger partial charge is 0.493 e. The molecule has 0 amide bonds. The van der Waals surface area contributed by atoms with E-state index in [4.69, 9.17) is 18.9 Å². The topological polar surface area (TPSA) is 80.1 Å². The standard InChI is InChI=1S/C24H21NO6/c1-28-23-13-18(7-9-21(23)29-15-17-5-3-2-4-6-17)11-20(25(26)27)12-19-8-10-22-24(14-19)31-16-30-22/h2-10,12-14H,11,15-16H2,1H3. The fraction of sp³-hybridized carbons (Fsp3) is 0.167. The van der Waals surface area contributed by atoms with E-state index in [9.17, 15) is 10.1 Å². The Balaban J connectivity index is 1.51. The Morgan fingerprint density at radius 1 is 1.00 bits per heavy atom. The van der Waals surface area contributed by atoms with Crippen LogP contribution in [0.15, 0.2) is 72.4 Å². The Bertz CT molecular complexity index is 1110. The summed E-state index contributed by atoms with van der Waals surface area (Å²) in [5, 5.41) is 11.6. The molecule has 0 bridgehead atoms. The highest BCUT2D eigenvalue weighted by molar-refractivity contribution is 5.58. The van der Waals surface area contributed by atoms with Gasteiger partial charge in [0, 0.05) is 6.08 Å². The highest BCUT2D eigenvalue weighted by Crippen LogP contribution is 2.34. The molecule has 0 spiro atoms. The van der Waals surface area contributed by atoms with Gasteiger partial charge in [0.25, 0.3) is 5.70 Å². The molecule has 0 N–H and O–H groups in total. The fourth-order valence-electron chi connectivity index (χ4n) is 3.25. The smallest absolute Gasteiger partial charge is 0.251 e. The maximum absolute atomic E-state index is 11.6. The van der Waals surface area contributed by atoms with Crippen molar-refractivity contribution in [1.82, 2.24) is 0 Å². The van der Waals surface area contributed by atoms with Crippen molar-refractivity contribution in [3.63, 3.8) is 0 Å². The van der Waals surface area contributed by atoms with Crippen LogP contribution < -0.4 is 18.9 Å². The van der Waals surface area contributed by atoms with Gasteiger partial charge in [0.15, 0.2) is 23.0 Å². The van der Waals surface area contributed by atoms with Gasteiger partial charge in [-0.2, -0.15) is 0 Å². The summed E-state index contributed by atoms with van der Waals surface area (Å²) < 4.78 is 21.9. The molecule has 1 aliphatic heterocycles. The van der Waals surface area contributed by atoms with Gasteiger partial charge in [0.2, 0.25) is 6.79 Å². The highest BCUT2D eigenvalue weighted by atomic mass is 16.7. The number of nitro groups is 1. The molecule has 0 radical (unpaired) electrons. The first kappa shape index (κ1) is 20.3. The number of ether oxygens (including phenoxy) is 4. The van der Waals surface area contributed by atoms with Crippen LogP contribution in [0.5, 0.6) is 23.0 Å². The van der Waals surface area contributed by atoms with Gasteiger partial charge < -0.3 is 18.9 Å². The molecule has 3 aromatic carbocycles. The van der Waals surface area contributed by atoms with Crippen LogP contribution in [0, 0.1) is 10.1 Å². The number of rotatable bonds is 8. The van der Waals surface area contributed by atoms with Gasteiger partial charge in [-0.05, 0) is 41.0 Å². The molecule has 3 aromatic rings. The number of fused-ring (bicyclic) bond motifs is 1. The Labute approximate surface area is 179 Å². The molecule has 1 heterocycles. The minimum atomic E-state index is -0.378. The number of hydrogen-bond donors (Lipinski definition) is 0. The number of benzene rings is 3. The molecule has 31 heavy (non-hydrogen) atoms. The van der Waals surface area contributed by atoms with Crippen LogP contribution in [-0.2, 0) is 13.0 Å². The van der Waals surface area contributed by atoms with Gasteiger partial charge >= 0.3 is 0 Å². The first-order chi connectivity index (χ1) is 15.1. The third kappa shape index (κ3) is 4.95. The molecule has 4 rings (SSSR count). The normalized spacial score (nSPS) is 12.5. The predicted molar refractivity (Wildman–Crippen MR) is 115 cm³/mol. The van der Waals surface area contributed by atoms with Crippen LogP contribution in [0.1, 0.15) is 16.7 Å². The number of nitrogens with zero attached hydrogens (tertiary/aromatic N) is 1. The average molecular weight is 419 g/mol. The van der Waals surface area contributed by atoms with E-state index < -0.39 is 0 Å². The molecular weight excluding hydrogens is 398 g/mol. The van der Waals surface area contributed by atoms with E-state index >= 15 is 0 Å². The lowest BCUT2D eigenvalue weighted by atomic mass is 10.1. The lowest BCUT2D eigenvalue weighted by Gasteiger charge is -2.12. The van der Waals surface area contributed by atoms with Crippen molar-refractivity contribution >= 4 is 6.08 Å². The molecule has 7 heteroatoms.